The molecule has 5 rings (SSSR count). The number of benzene rings is 1. The number of nitrogens with zero attached hydrogens (tertiary/aromatic N) is 2. The second-order valence-corrected chi connectivity index (χ2v) is 10.4. The number of nitrogens with two attached hydrogens (primary N) is 1. The van der Waals surface area contributed by atoms with E-state index in [0.717, 1.165) is 36.9 Å². The molecule has 1 saturated carbocycles. The predicted octanol–water partition coefficient (Wildman–Crippen LogP) is 0.274. The third-order valence-corrected chi connectivity index (χ3v) is 8.36. The lowest BCUT2D eigenvalue weighted by Crippen LogP contribution is -2.65. The van der Waals surface area contributed by atoms with Gasteiger partial charge in [-0.2, -0.15) is 0 Å². The van der Waals surface area contributed by atoms with Crippen LogP contribution >= 0.6 is 0 Å². The number of ketones is 1. The summed E-state index contributed by atoms with van der Waals surface area (Å²) >= 11 is 0. The molecule has 5 atom stereocenters. The highest BCUT2D eigenvalue weighted by atomic mass is 16.6. The Balaban J connectivity index is 1.30. The highest BCUT2D eigenvalue weighted by Crippen LogP contribution is 2.63. The Bertz CT molecular complexity index is 1120. The van der Waals surface area contributed by atoms with Crippen LogP contribution < -0.4 is 20.5 Å². The number of aliphatic carboxylic acids is 1. The van der Waals surface area contributed by atoms with E-state index < -0.39 is 36.5 Å². The van der Waals surface area contributed by atoms with Crippen LogP contribution in [0.3, 0.4) is 0 Å². The fraction of sp³-hybridized carbons (Fsp3) is 0.600. The van der Waals surface area contributed by atoms with Gasteiger partial charge in [-0.1, -0.05) is 6.07 Å². The number of piperidine rings is 1. The molecule has 4 N–H and O–H groups in total. The number of hydrogen-bond donors (Lipinski definition) is 3. The summed E-state index contributed by atoms with van der Waals surface area (Å²) < 4.78 is 12.0. The van der Waals surface area contributed by atoms with E-state index in [2.05, 4.69) is 17.3 Å². The maximum absolute atomic E-state index is 13.0. The third-order valence-electron chi connectivity index (χ3n) is 8.36. The summed E-state index contributed by atoms with van der Waals surface area (Å²) in [6, 6.07) is 2.93. The van der Waals surface area contributed by atoms with Crippen molar-refractivity contribution >= 4 is 23.8 Å². The van der Waals surface area contributed by atoms with Gasteiger partial charge in [-0.25, -0.2) is 4.79 Å². The smallest absolute Gasteiger partial charge is 0.415 e. The topological polar surface area (TPSA) is 152 Å². The Hall–Kier alpha value is -3.18. The largest absolute Gasteiger partial charge is 0.481 e. The van der Waals surface area contributed by atoms with Crippen molar-refractivity contribution < 1.29 is 33.8 Å². The van der Waals surface area contributed by atoms with Crippen LogP contribution in [0.1, 0.15) is 36.8 Å². The minimum atomic E-state index is -1.16. The van der Waals surface area contributed by atoms with Crippen molar-refractivity contribution in [1.29, 1.82) is 0 Å². The molecule has 2 heterocycles. The standard InChI is InChI=1S/C25H32N4O7/c1-28-9-7-25-14-4-5-17(30)22(25)36-21-18(6-3-13(20(21)25)11-16(14)28)35-24(34)29(2)10-8-27-23(33)15(26)12-19(31)32/h3,6,14-16,22H,4-5,7-12,26H2,1-2H3,(H,27,33)(H,31,32)/t14-,15+,16+,22-,25-/m0/s1. The van der Waals surface area contributed by atoms with Gasteiger partial charge < -0.3 is 35.4 Å². The van der Waals surface area contributed by atoms with Crippen LogP contribution in [0, 0.1) is 5.92 Å². The van der Waals surface area contributed by atoms with Crippen molar-refractivity contribution in [2.75, 3.05) is 33.7 Å². The minimum Gasteiger partial charge on any atom is -0.481 e. The van der Waals surface area contributed by atoms with E-state index in [1.807, 2.05) is 6.07 Å². The number of likely N-dealkylation sites (tertiary alicyclic amines) is 1. The molecule has 1 aromatic rings. The van der Waals surface area contributed by atoms with Gasteiger partial charge in [0.2, 0.25) is 5.91 Å². The average Bonchev–Trinajstić information content (AvgIpc) is 3.19. The summed E-state index contributed by atoms with van der Waals surface area (Å²) in [5, 5.41) is 11.3. The number of carbonyl (C=O) groups is 4. The second-order valence-electron chi connectivity index (χ2n) is 10.4. The molecule has 11 heteroatoms. The minimum absolute atomic E-state index is 0.0849. The van der Waals surface area contributed by atoms with E-state index >= 15 is 0 Å². The van der Waals surface area contributed by atoms with E-state index in [4.69, 9.17) is 20.3 Å². The molecule has 2 bridgehead atoms. The summed E-state index contributed by atoms with van der Waals surface area (Å²) in [7, 11) is 3.68. The Morgan fingerprint density at radius 3 is 2.92 bits per heavy atom. The van der Waals surface area contributed by atoms with Gasteiger partial charge in [-0.3, -0.25) is 14.4 Å². The van der Waals surface area contributed by atoms with Crippen LogP contribution in [0.4, 0.5) is 4.79 Å². The number of rotatable bonds is 7. The van der Waals surface area contributed by atoms with Gasteiger partial charge in [-0.15, -0.1) is 0 Å². The first-order chi connectivity index (χ1) is 17.1. The Morgan fingerprint density at radius 1 is 1.39 bits per heavy atom. The Labute approximate surface area is 208 Å². The van der Waals surface area contributed by atoms with Crippen molar-refractivity contribution in [3.8, 4) is 11.5 Å². The van der Waals surface area contributed by atoms with Crippen molar-refractivity contribution in [1.82, 2.24) is 15.1 Å². The molecule has 2 amide bonds. The van der Waals surface area contributed by atoms with Crippen LogP contribution in [-0.2, 0) is 26.2 Å². The summed E-state index contributed by atoms with van der Waals surface area (Å²) in [5.74, 6) is -0.515. The number of amides is 2. The van der Waals surface area contributed by atoms with Crippen LogP contribution in [0.5, 0.6) is 11.5 Å². The van der Waals surface area contributed by atoms with Gasteiger partial charge in [0, 0.05) is 43.6 Å². The lowest BCUT2D eigenvalue weighted by atomic mass is 9.52. The molecular weight excluding hydrogens is 468 g/mol. The molecule has 1 spiro atoms. The van der Waals surface area contributed by atoms with E-state index in [-0.39, 0.29) is 24.3 Å². The van der Waals surface area contributed by atoms with E-state index in [9.17, 15) is 19.2 Å². The van der Waals surface area contributed by atoms with Gasteiger partial charge in [0.1, 0.15) is 0 Å². The number of carboxylic acids is 1. The molecule has 0 unspecified atom stereocenters. The zero-order valence-corrected chi connectivity index (χ0v) is 20.5. The molecule has 36 heavy (non-hydrogen) atoms. The SMILES string of the molecule is CN(CCNC(=O)[C@H](N)CC(=O)O)C(=O)Oc1ccc2c3c1O[C@H]1C(=O)CC[C@H]4[C@@H](C2)N(C)CC[C@]314. The highest BCUT2D eigenvalue weighted by Gasteiger charge is 2.65. The van der Waals surface area contributed by atoms with Crippen LogP contribution in [0.25, 0.3) is 0 Å². The number of ether oxygens (including phenoxy) is 2. The van der Waals surface area contributed by atoms with Gasteiger partial charge in [0.05, 0.1) is 12.5 Å². The molecule has 194 valence electrons. The number of likely N-dealkylation sites (N-methyl/N-ethyl adjacent to an activating group) is 2. The summed E-state index contributed by atoms with van der Waals surface area (Å²) in [6.07, 6.45) is 1.42. The van der Waals surface area contributed by atoms with Gasteiger partial charge >= 0.3 is 12.1 Å². The van der Waals surface area contributed by atoms with Crippen molar-refractivity contribution in [2.24, 2.45) is 11.7 Å². The van der Waals surface area contributed by atoms with Crippen molar-refractivity contribution in [2.45, 2.75) is 55.7 Å². The number of carbonyl (C=O) groups excluding carboxylic acids is 3. The number of hydrogen-bond acceptors (Lipinski definition) is 8. The maximum Gasteiger partial charge on any atom is 0.415 e. The van der Waals surface area contributed by atoms with E-state index in [1.54, 1.807) is 6.07 Å². The first-order valence-electron chi connectivity index (χ1n) is 12.4. The zero-order chi connectivity index (χ0) is 25.8. The van der Waals surface area contributed by atoms with Crippen molar-refractivity contribution in [3.63, 3.8) is 0 Å². The Morgan fingerprint density at radius 2 is 2.17 bits per heavy atom. The monoisotopic (exact) mass is 500 g/mol. The number of Topliss-reactive ketones (excluding diaryl/α,β-unsaturated/α-hetero) is 1. The van der Waals surface area contributed by atoms with Crippen LogP contribution in [-0.4, -0.2) is 90.6 Å². The van der Waals surface area contributed by atoms with Gasteiger partial charge in [0.15, 0.2) is 23.4 Å². The zero-order valence-electron chi connectivity index (χ0n) is 20.5. The van der Waals surface area contributed by atoms with Crippen LogP contribution in [0.2, 0.25) is 0 Å². The fourth-order valence-corrected chi connectivity index (χ4v) is 6.61. The molecule has 1 saturated heterocycles. The van der Waals surface area contributed by atoms with E-state index in [1.165, 1.54) is 11.9 Å². The van der Waals surface area contributed by atoms with E-state index in [0.29, 0.717) is 29.9 Å². The Kier molecular flexibility index (Phi) is 6.16. The van der Waals surface area contributed by atoms with Crippen LogP contribution in [0.15, 0.2) is 12.1 Å². The van der Waals surface area contributed by atoms with Gasteiger partial charge in [0.25, 0.3) is 0 Å². The second kappa shape index (κ2) is 9.04. The first kappa shape index (κ1) is 24.5. The summed E-state index contributed by atoms with van der Waals surface area (Å²) in [5.41, 5.74) is 7.38. The number of carboxylic acid groups (broad SMARTS) is 1. The molecule has 0 aromatic heterocycles. The maximum atomic E-state index is 13.0. The predicted molar refractivity (Wildman–Crippen MR) is 127 cm³/mol. The first-order valence-corrected chi connectivity index (χ1v) is 12.4. The highest BCUT2D eigenvalue weighted by molar-refractivity contribution is 5.89. The molecule has 2 fully saturated rings. The average molecular weight is 501 g/mol. The molecule has 2 aliphatic heterocycles. The molecule has 2 aliphatic carbocycles. The number of nitrogens with one attached hydrogen (secondary N) is 1. The molecule has 1 aromatic carbocycles. The molecular formula is C25H32N4O7. The summed E-state index contributed by atoms with van der Waals surface area (Å²) in [6.45, 7) is 1.11. The van der Waals surface area contributed by atoms with Crippen molar-refractivity contribution in [3.05, 3.63) is 23.3 Å². The lowest BCUT2D eigenvalue weighted by Gasteiger charge is -2.57. The normalized spacial score (nSPS) is 28.5. The third kappa shape index (κ3) is 3.81. The molecule has 0 radical (unpaired) electrons. The summed E-state index contributed by atoms with van der Waals surface area (Å²) in [4.78, 5) is 52.1. The fourth-order valence-electron chi connectivity index (χ4n) is 6.61. The lowest BCUT2D eigenvalue weighted by molar-refractivity contribution is -0.139. The molecule has 4 aliphatic rings. The molecule has 11 nitrogen and oxygen atoms in total. The quantitative estimate of drug-likeness (QED) is 0.479. The van der Waals surface area contributed by atoms with Gasteiger partial charge in [-0.05, 0) is 50.4 Å².